The summed E-state index contributed by atoms with van der Waals surface area (Å²) in [7, 11) is -2.72. The molecule has 0 aliphatic heterocycles. The third kappa shape index (κ3) is 7.66. The lowest BCUT2D eigenvalue weighted by Gasteiger charge is -2.32. The van der Waals surface area contributed by atoms with Crippen LogP contribution in [-0.2, 0) is 26.2 Å². The van der Waals surface area contributed by atoms with E-state index < -0.39 is 34.4 Å². The normalized spacial score (nSPS) is 11.9. The van der Waals surface area contributed by atoms with E-state index in [-0.39, 0.29) is 17.1 Å². The molecule has 0 aliphatic rings. The van der Waals surface area contributed by atoms with Crippen LogP contribution in [0.15, 0.2) is 76.1 Å². The molecule has 0 radical (unpaired) electrons. The molecule has 208 valence electrons. The molecule has 0 bridgehead atoms. The zero-order valence-electron chi connectivity index (χ0n) is 21.5. The number of ether oxygens (including phenoxy) is 1. The first-order chi connectivity index (χ1) is 18.5. The molecule has 0 aliphatic carbocycles. The van der Waals surface area contributed by atoms with Crippen molar-refractivity contribution >= 4 is 66.7 Å². The molecule has 1 atom stereocenters. The van der Waals surface area contributed by atoms with Gasteiger partial charge in [-0.1, -0.05) is 45.2 Å². The summed E-state index contributed by atoms with van der Waals surface area (Å²) in [4.78, 5) is 27.7. The zero-order valence-corrected chi connectivity index (χ0v) is 25.4. The highest BCUT2D eigenvalue weighted by atomic mass is 79.9. The Balaban J connectivity index is 2.04. The van der Waals surface area contributed by atoms with Gasteiger partial charge in [-0.25, -0.2) is 8.42 Å². The fourth-order valence-corrected chi connectivity index (χ4v) is 5.91. The molecule has 0 fully saturated rings. The number of benzene rings is 3. The minimum absolute atomic E-state index is 0.000898. The molecule has 3 aromatic carbocycles. The van der Waals surface area contributed by atoms with Crippen molar-refractivity contribution in [2.24, 2.45) is 0 Å². The summed E-state index contributed by atoms with van der Waals surface area (Å²) in [5, 5.41) is 3.27. The number of anilines is 1. The molecule has 3 rings (SSSR count). The van der Waals surface area contributed by atoms with Crippen LogP contribution in [0.3, 0.4) is 0 Å². The van der Waals surface area contributed by atoms with Crippen molar-refractivity contribution < 1.29 is 22.7 Å². The molecule has 8 nitrogen and oxygen atoms in total. The smallest absolute Gasteiger partial charge is 0.264 e. The van der Waals surface area contributed by atoms with E-state index in [9.17, 15) is 18.0 Å². The van der Waals surface area contributed by atoms with Crippen molar-refractivity contribution in [3.05, 3.63) is 86.8 Å². The van der Waals surface area contributed by atoms with Crippen molar-refractivity contribution in [2.75, 3.05) is 24.5 Å². The van der Waals surface area contributed by atoms with Gasteiger partial charge in [-0.05, 0) is 80.1 Å². The Bertz CT molecular complexity index is 1420. The molecule has 2 amide bonds. The average molecular weight is 657 g/mol. The number of sulfonamides is 1. The monoisotopic (exact) mass is 655 g/mol. The standard InChI is InChI=1S/C27H28BrCl2N3O5S/c1-4-38-23-11-9-22(10-12-23)33(39(36,37)24-13-6-20(28)7-14-24)17-26(34)32(18(2)27(35)31-3)16-19-5-8-21(29)15-25(19)30/h5-15,18H,4,16-17H2,1-3H3,(H,31,35)/t18-/m0/s1. The number of nitrogens with one attached hydrogen (secondary N) is 1. The fraction of sp³-hybridized carbons (Fsp3) is 0.259. The summed E-state index contributed by atoms with van der Waals surface area (Å²) in [5.74, 6) is -0.468. The van der Waals surface area contributed by atoms with Gasteiger partial charge in [-0.15, -0.1) is 0 Å². The first-order valence-electron chi connectivity index (χ1n) is 11.9. The van der Waals surface area contributed by atoms with Gasteiger partial charge in [0.1, 0.15) is 18.3 Å². The van der Waals surface area contributed by atoms with Gasteiger partial charge in [-0.2, -0.15) is 0 Å². The van der Waals surface area contributed by atoms with Crippen LogP contribution in [0.5, 0.6) is 5.75 Å². The number of halogens is 3. The maximum atomic E-state index is 13.8. The lowest BCUT2D eigenvalue weighted by atomic mass is 10.1. The minimum Gasteiger partial charge on any atom is -0.494 e. The SMILES string of the molecule is CCOc1ccc(N(CC(=O)N(Cc2ccc(Cl)cc2Cl)[C@@H](C)C(=O)NC)S(=O)(=O)c2ccc(Br)cc2)cc1. The Morgan fingerprint density at radius 1 is 1.03 bits per heavy atom. The van der Waals surface area contributed by atoms with Gasteiger partial charge in [0.15, 0.2) is 0 Å². The van der Waals surface area contributed by atoms with Crippen molar-refractivity contribution in [3.63, 3.8) is 0 Å². The Kier molecular flexibility index (Phi) is 10.7. The van der Waals surface area contributed by atoms with Crippen LogP contribution in [0.25, 0.3) is 0 Å². The highest BCUT2D eigenvalue weighted by Crippen LogP contribution is 2.28. The highest BCUT2D eigenvalue weighted by molar-refractivity contribution is 9.10. The van der Waals surface area contributed by atoms with E-state index in [0.717, 1.165) is 4.31 Å². The van der Waals surface area contributed by atoms with Crippen LogP contribution < -0.4 is 14.4 Å². The third-order valence-corrected chi connectivity index (χ3v) is 8.79. The highest BCUT2D eigenvalue weighted by Gasteiger charge is 2.32. The van der Waals surface area contributed by atoms with Crippen molar-refractivity contribution in [1.82, 2.24) is 10.2 Å². The number of carbonyl (C=O) groups excluding carboxylic acids is 2. The Morgan fingerprint density at radius 2 is 1.67 bits per heavy atom. The molecule has 39 heavy (non-hydrogen) atoms. The Hall–Kier alpha value is -2.79. The number of hydrogen-bond donors (Lipinski definition) is 1. The maximum absolute atomic E-state index is 13.8. The quantitative estimate of drug-likeness (QED) is 0.294. The number of hydrogen-bond acceptors (Lipinski definition) is 5. The van der Waals surface area contributed by atoms with E-state index in [0.29, 0.717) is 32.4 Å². The molecule has 0 unspecified atom stereocenters. The van der Waals surface area contributed by atoms with E-state index >= 15 is 0 Å². The van der Waals surface area contributed by atoms with Gasteiger partial charge in [0, 0.05) is 28.1 Å². The number of amides is 2. The van der Waals surface area contributed by atoms with Gasteiger partial charge in [-0.3, -0.25) is 13.9 Å². The number of rotatable bonds is 11. The third-order valence-electron chi connectivity index (χ3n) is 5.89. The van der Waals surface area contributed by atoms with Crippen LogP contribution in [0, 0.1) is 0 Å². The minimum atomic E-state index is -4.18. The Labute approximate surface area is 247 Å². The van der Waals surface area contributed by atoms with Gasteiger partial charge in [0.25, 0.3) is 10.0 Å². The summed E-state index contributed by atoms with van der Waals surface area (Å²) in [5.41, 5.74) is 0.806. The molecule has 3 aromatic rings. The summed E-state index contributed by atoms with van der Waals surface area (Å²) >= 11 is 15.7. The Morgan fingerprint density at radius 3 is 2.23 bits per heavy atom. The lowest BCUT2D eigenvalue weighted by Crippen LogP contribution is -2.50. The topological polar surface area (TPSA) is 96.0 Å². The second kappa shape index (κ2) is 13.5. The average Bonchev–Trinajstić information content (AvgIpc) is 2.91. The second-order valence-electron chi connectivity index (χ2n) is 8.44. The van der Waals surface area contributed by atoms with E-state index in [1.165, 1.54) is 30.1 Å². The molecule has 1 N–H and O–H groups in total. The zero-order chi connectivity index (χ0) is 28.7. The summed E-state index contributed by atoms with van der Waals surface area (Å²) in [6.45, 7) is 3.23. The maximum Gasteiger partial charge on any atom is 0.264 e. The number of nitrogens with zero attached hydrogens (tertiary/aromatic N) is 2. The predicted octanol–water partition coefficient (Wildman–Crippen LogP) is 5.51. The van der Waals surface area contributed by atoms with Gasteiger partial charge < -0.3 is 15.0 Å². The molecule has 0 saturated carbocycles. The van der Waals surface area contributed by atoms with Crippen molar-refractivity contribution in [1.29, 1.82) is 0 Å². The summed E-state index contributed by atoms with van der Waals surface area (Å²) in [6.07, 6.45) is 0. The van der Waals surface area contributed by atoms with Crippen molar-refractivity contribution in [3.8, 4) is 5.75 Å². The molecule has 0 saturated heterocycles. The molecular formula is C27H28BrCl2N3O5S. The first kappa shape index (κ1) is 30.7. The summed E-state index contributed by atoms with van der Waals surface area (Å²) in [6, 6.07) is 16.4. The van der Waals surface area contributed by atoms with Crippen LogP contribution in [0.4, 0.5) is 5.69 Å². The largest absolute Gasteiger partial charge is 0.494 e. The fourth-order valence-electron chi connectivity index (χ4n) is 3.76. The lowest BCUT2D eigenvalue weighted by molar-refractivity contribution is -0.139. The van der Waals surface area contributed by atoms with E-state index in [4.69, 9.17) is 27.9 Å². The molecular weight excluding hydrogens is 629 g/mol. The summed E-state index contributed by atoms with van der Waals surface area (Å²) < 4.78 is 34.8. The molecule has 0 spiro atoms. The van der Waals surface area contributed by atoms with Gasteiger partial charge in [0.05, 0.1) is 17.2 Å². The van der Waals surface area contributed by atoms with Crippen molar-refractivity contribution in [2.45, 2.75) is 31.3 Å². The van der Waals surface area contributed by atoms with E-state index in [2.05, 4.69) is 21.2 Å². The van der Waals surface area contributed by atoms with Crippen LogP contribution in [0.2, 0.25) is 10.0 Å². The number of likely N-dealkylation sites (N-methyl/N-ethyl adjacent to an activating group) is 1. The molecule has 12 heteroatoms. The van der Waals surface area contributed by atoms with Gasteiger partial charge in [0.2, 0.25) is 11.8 Å². The van der Waals surface area contributed by atoms with Crippen LogP contribution >= 0.6 is 39.1 Å². The van der Waals surface area contributed by atoms with E-state index in [1.54, 1.807) is 55.5 Å². The number of carbonyl (C=O) groups is 2. The second-order valence-corrected chi connectivity index (χ2v) is 12.1. The van der Waals surface area contributed by atoms with Crippen LogP contribution in [-0.4, -0.2) is 51.4 Å². The first-order valence-corrected chi connectivity index (χ1v) is 14.9. The molecule has 0 heterocycles. The predicted molar refractivity (Wildman–Crippen MR) is 157 cm³/mol. The van der Waals surface area contributed by atoms with Crippen LogP contribution in [0.1, 0.15) is 19.4 Å². The van der Waals surface area contributed by atoms with E-state index in [1.807, 2.05) is 6.92 Å². The molecule has 0 aromatic heterocycles. The van der Waals surface area contributed by atoms with Gasteiger partial charge >= 0.3 is 0 Å².